The lowest BCUT2D eigenvalue weighted by atomic mass is 9.55. The molecule has 2 aliphatic carbocycles. The molecule has 0 aromatic heterocycles. The number of nitrogens with zero attached hydrogens (tertiary/aromatic N) is 3. The van der Waals surface area contributed by atoms with Crippen LogP contribution in [-0.4, -0.2) is 0 Å². The molecule has 0 radical (unpaired) electrons. The van der Waals surface area contributed by atoms with Gasteiger partial charge in [-0.25, -0.2) is 0 Å². The van der Waals surface area contributed by atoms with E-state index >= 15 is 0 Å². The SMILES string of the molecule is CCc1ccc([C@@H]2C(C#N)=C(N)C(C#N)(C#N)C3=CC[C@H](C(C)(C)C)C[C@@H]32)cc1. The van der Waals surface area contributed by atoms with E-state index in [1.165, 1.54) is 5.56 Å². The number of nitrogens with two attached hydrogens (primary N) is 1. The summed E-state index contributed by atoms with van der Waals surface area (Å²) in [4.78, 5) is 0. The minimum absolute atomic E-state index is 0.0818. The van der Waals surface area contributed by atoms with Crippen LogP contribution in [0.2, 0.25) is 0 Å². The predicted molar refractivity (Wildman–Crippen MR) is 113 cm³/mol. The number of hydrogen-bond acceptors (Lipinski definition) is 4. The zero-order valence-electron chi connectivity index (χ0n) is 17.7. The molecule has 4 heteroatoms. The highest BCUT2D eigenvalue weighted by Gasteiger charge is 2.53. The van der Waals surface area contributed by atoms with Crippen molar-refractivity contribution in [1.29, 1.82) is 15.8 Å². The number of rotatable bonds is 2. The largest absolute Gasteiger partial charge is 0.399 e. The maximum atomic E-state index is 10.0. The van der Waals surface area contributed by atoms with E-state index in [0.29, 0.717) is 11.5 Å². The molecule has 0 saturated carbocycles. The second-order valence-corrected chi connectivity index (χ2v) is 9.29. The zero-order valence-corrected chi connectivity index (χ0v) is 17.7. The molecule has 2 N–H and O–H groups in total. The summed E-state index contributed by atoms with van der Waals surface area (Å²) in [5, 5.41) is 30.0. The fourth-order valence-electron chi connectivity index (χ4n) is 4.89. The minimum Gasteiger partial charge on any atom is -0.399 e. The van der Waals surface area contributed by atoms with Crippen LogP contribution in [0.3, 0.4) is 0 Å². The van der Waals surface area contributed by atoms with Crippen molar-refractivity contribution in [2.45, 2.75) is 52.9 Å². The summed E-state index contributed by atoms with van der Waals surface area (Å²) in [5.41, 5.74) is 8.44. The highest BCUT2D eigenvalue weighted by molar-refractivity contribution is 5.58. The Labute approximate surface area is 173 Å². The second kappa shape index (κ2) is 7.42. The Hall–Kier alpha value is -3.03. The van der Waals surface area contributed by atoms with Gasteiger partial charge in [-0.3, -0.25) is 0 Å². The number of allylic oxidation sites excluding steroid dienone is 3. The third kappa shape index (κ3) is 3.22. The number of nitriles is 3. The molecule has 0 aliphatic heterocycles. The molecule has 148 valence electrons. The fourth-order valence-corrected chi connectivity index (χ4v) is 4.89. The molecule has 0 saturated heterocycles. The van der Waals surface area contributed by atoms with Crippen LogP contribution in [0.25, 0.3) is 0 Å². The van der Waals surface area contributed by atoms with Crippen molar-refractivity contribution >= 4 is 0 Å². The van der Waals surface area contributed by atoms with E-state index in [1.54, 1.807) is 0 Å². The van der Waals surface area contributed by atoms with Crippen LogP contribution in [0.1, 0.15) is 57.6 Å². The van der Waals surface area contributed by atoms with E-state index in [0.717, 1.165) is 30.4 Å². The Morgan fingerprint density at radius 3 is 2.21 bits per heavy atom. The first-order chi connectivity index (χ1) is 13.7. The van der Waals surface area contributed by atoms with Gasteiger partial charge in [-0.1, -0.05) is 58.0 Å². The van der Waals surface area contributed by atoms with Crippen LogP contribution in [0.4, 0.5) is 0 Å². The van der Waals surface area contributed by atoms with Crippen molar-refractivity contribution in [3.63, 3.8) is 0 Å². The van der Waals surface area contributed by atoms with E-state index in [4.69, 9.17) is 5.73 Å². The topological polar surface area (TPSA) is 97.4 Å². The summed E-state index contributed by atoms with van der Waals surface area (Å²) in [6.45, 7) is 8.78. The first-order valence-electron chi connectivity index (χ1n) is 10.3. The molecule has 0 bridgehead atoms. The fraction of sp³-hybridized carbons (Fsp3) is 0.480. The first kappa shape index (κ1) is 20.7. The summed E-state index contributed by atoms with van der Waals surface area (Å²) >= 11 is 0. The molecule has 3 rings (SSSR count). The molecule has 1 aromatic carbocycles. The van der Waals surface area contributed by atoms with Gasteiger partial charge in [-0.2, -0.15) is 15.8 Å². The lowest BCUT2D eigenvalue weighted by molar-refractivity contribution is 0.180. The van der Waals surface area contributed by atoms with Crippen molar-refractivity contribution in [2.75, 3.05) is 0 Å². The van der Waals surface area contributed by atoms with Gasteiger partial charge in [0.25, 0.3) is 0 Å². The molecular weight excluding hydrogens is 356 g/mol. The quantitative estimate of drug-likeness (QED) is 0.716. The summed E-state index contributed by atoms with van der Waals surface area (Å²) in [5.74, 6) is 0.0989. The van der Waals surface area contributed by atoms with Gasteiger partial charge < -0.3 is 5.73 Å². The van der Waals surface area contributed by atoms with Gasteiger partial charge in [0, 0.05) is 5.92 Å². The lowest BCUT2D eigenvalue weighted by Crippen LogP contribution is -2.43. The van der Waals surface area contributed by atoms with E-state index < -0.39 is 5.41 Å². The average Bonchev–Trinajstić information content (AvgIpc) is 2.72. The van der Waals surface area contributed by atoms with Crippen molar-refractivity contribution in [2.24, 2.45) is 28.4 Å². The van der Waals surface area contributed by atoms with E-state index in [2.05, 4.69) is 76.2 Å². The van der Waals surface area contributed by atoms with Gasteiger partial charge in [-0.05, 0) is 53.2 Å². The van der Waals surface area contributed by atoms with Crippen LogP contribution in [0.15, 0.2) is 47.2 Å². The van der Waals surface area contributed by atoms with Gasteiger partial charge in [0.15, 0.2) is 0 Å². The molecule has 0 unspecified atom stereocenters. The highest BCUT2D eigenvalue weighted by atomic mass is 14.7. The predicted octanol–water partition coefficient (Wildman–Crippen LogP) is 5.11. The van der Waals surface area contributed by atoms with Gasteiger partial charge in [0.05, 0.1) is 29.5 Å². The maximum absolute atomic E-state index is 10.0. The van der Waals surface area contributed by atoms with E-state index in [-0.39, 0.29) is 22.9 Å². The third-order valence-electron chi connectivity index (χ3n) is 6.83. The molecule has 0 spiro atoms. The second-order valence-electron chi connectivity index (χ2n) is 9.29. The van der Waals surface area contributed by atoms with Crippen LogP contribution < -0.4 is 5.73 Å². The smallest absolute Gasteiger partial charge is 0.204 e. The van der Waals surface area contributed by atoms with Crippen molar-refractivity contribution in [3.05, 3.63) is 58.3 Å². The molecule has 0 fully saturated rings. The van der Waals surface area contributed by atoms with Crippen LogP contribution in [0, 0.1) is 56.7 Å². The molecule has 0 amide bonds. The van der Waals surface area contributed by atoms with E-state index in [1.807, 2.05) is 0 Å². The Balaban J connectivity index is 2.25. The van der Waals surface area contributed by atoms with Gasteiger partial charge in [0.2, 0.25) is 5.41 Å². The van der Waals surface area contributed by atoms with Crippen molar-refractivity contribution < 1.29 is 0 Å². The van der Waals surface area contributed by atoms with Gasteiger partial charge in [0.1, 0.15) is 0 Å². The number of hydrogen-bond donors (Lipinski definition) is 1. The van der Waals surface area contributed by atoms with E-state index in [9.17, 15) is 15.8 Å². The molecule has 3 atom stereocenters. The van der Waals surface area contributed by atoms with Gasteiger partial charge in [-0.15, -0.1) is 0 Å². The Kier molecular flexibility index (Phi) is 5.30. The number of benzene rings is 1. The molecule has 1 aromatic rings. The average molecular weight is 385 g/mol. The van der Waals surface area contributed by atoms with Crippen molar-refractivity contribution in [1.82, 2.24) is 0 Å². The first-order valence-corrected chi connectivity index (χ1v) is 10.3. The lowest BCUT2D eigenvalue weighted by Gasteiger charge is -2.46. The molecule has 29 heavy (non-hydrogen) atoms. The molecule has 4 nitrogen and oxygen atoms in total. The Morgan fingerprint density at radius 1 is 1.10 bits per heavy atom. The van der Waals surface area contributed by atoms with Gasteiger partial charge >= 0.3 is 0 Å². The third-order valence-corrected chi connectivity index (χ3v) is 6.83. The summed E-state index contributed by atoms with van der Waals surface area (Å²) < 4.78 is 0. The summed E-state index contributed by atoms with van der Waals surface area (Å²) in [6.07, 6.45) is 4.65. The molecule has 2 aliphatic rings. The van der Waals surface area contributed by atoms with Crippen LogP contribution in [-0.2, 0) is 6.42 Å². The van der Waals surface area contributed by atoms with Crippen LogP contribution >= 0.6 is 0 Å². The highest BCUT2D eigenvalue weighted by Crippen LogP contribution is 2.57. The number of fused-ring (bicyclic) bond motifs is 1. The Morgan fingerprint density at radius 2 is 1.72 bits per heavy atom. The standard InChI is InChI=1S/C25H28N4/c1-5-16-6-8-17(9-7-16)22-19-12-18(24(2,3)4)10-11-21(19)25(14-27,15-28)23(29)20(22)13-26/h6-9,11,18-19,22H,5,10,12,29H2,1-4H3/t18-,19-,22-/m0/s1. The molecule has 0 heterocycles. The molecular formula is C25H28N4. The van der Waals surface area contributed by atoms with Crippen molar-refractivity contribution in [3.8, 4) is 18.2 Å². The zero-order chi connectivity index (χ0) is 21.4. The minimum atomic E-state index is -1.54. The van der Waals surface area contributed by atoms with Crippen LogP contribution in [0.5, 0.6) is 0 Å². The summed E-state index contributed by atoms with van der Waals surface area (Å²) in [7, 11) is 0. The maximum Gasteiger partial charge on any atom is 0.204 e. The monoisotopic (exact) mass is 384 g/mol. The Bertz CT molecular complexity index is 970. The normalized spacial score (nSPS) is 25.8. The summed E-state index contributed by atoms with van der Waals surface area (Å²) in [6, 6.07) is 14.9. The number of aryl methyl sites for hydroxylation is 1.